The third-order valence-electron chi connectivity index (χ3n) is 4.10. The molecule has 0 aliphatic heterocycles. The van der Waals surface area contributed by atoms with E-state index in [9.17, 15) is 19.2 Å². The Labute approximate surface area is 180 Å². The summed E-state index contributed by atoms with van der Waals surface area (Å²) < 4.78 is 9.72. The Morgan fingerprint density at radius 3 is 2.20 bits per heavy atom. The van der Waals surface area contributed by atoms with Crippen molar-refractivity contribution in [1.82, 2.24) is 16.0 Å². The highest BCUT2D eigenvalue weighted by molar-refractivity contribution is 7.98. The minimum Gasteiger partial charge on any atom is -0.497 e. The molecule has 1 rings (SSSR count). The maximum absolute atomic E-state index is 12.0. The monoisotopic (exact) mass is 439 g/mol. The summed E-state index contributed by atoms with van der Waals surface area (Å²) in [5.74, 6) is -0.0570. The van der Waals surface area contributed by atoms with Gasteiger partial charge in [0.1, 0.15) is 11.8 Å². The standard InChI is InChI=1S/C20H29N3O6S/c1-28-15-6-4-14(5-7-15)19(26)22-12-8-17(24)21-11-9-18(25)23-16(10-13-30-3)20(27)29-2/h4-7,16H,8-13H2,1-3H3,(H,21,24)(H,22,26)(H,23,25). The third-order valence-corrected chi connectivity index (χ3v) is 4.74. The number of thioether (sulfide) groups is 1. The predicted molar refractivity (Wildman–Crippen MR) is 115 cm³/mol. The van der Waals surface area contributed by atoms with Gasteiger partial charge >= 0.3 is 5.97 Å². The van der Waals surface area contributed by atoms with Gasteiger partial charge in [0.25, 0.3) is 5.91 Å². The van der Waals surface area contributed by atoms with Crippen molar-refractivity contribution < 1.29 is 28.7 Å². The Morgan fingerprint density at radius 1 is 0.967 bits per heavy atom. The molecule has 0 radical (unpaired) electrons. The van der Waals surface area contributed by atoms with Crippen molar-refractivity contribution >= 4 is 35.5 Å². The maximum Gasteiger partial charge on any atom is 0.328 e. The number of nitrogens with one attached hydrogen (secondary N) is 3. The van der Waals surface area contributed by atoms with Gasteiger partial charge in [0, 0.05) is 31.5 Å². The zero-order chi connectivity index (χ0) is 22.4. The van der Waals surface area contributed by atoms with Gasteiger partial charge < -0.3 is 25.4 Å². The number of carbonyl (C=O) groups excluding carboxylic acids is 4. The summed E-state index contributed by atoms with van der Waals surface area (Å²) in [7, 11) is 2.81. The number of esters is 1. The van der Waals surface area contributed by atoms with Gasteiger partial charge in [-0.15, -0.1) is 0 Å². The lowest BCUT2D eigenvalue weighted by atomic mass is 10.2. The van der Waals surface area contributed by atoms with Crippen LogP contribution in [0, 0.1) is 0 Å². The fourth-order valence-electron chi connectivity index (χ4n) is 2.43. The molecule has 0 aromatic heterocycles. The number of methoxy groups -OCH3 is 2. The second-order valence-electron chi connectivity index (χ2n) is 6.26. The zero-order valence-electron chi connectivity index (χ0n) is 17.5. The Bertz CT molecular complexity index is 711. The molecule has 30 heavy (non-hydrogen) atoms. The van der Waals surface area contributed by atoms with Gasteiger partial charge in [-0.05, 0) is 42.7 Å². The second-order valence-corrected chi connectivity index (χ2v) is 7.24. The number of carbonyl (C=O) groups is 4. The first-order chi connectivity index (χ1) is 14.4. The number of rotatable bonds is 13. The number of benzene rings is 1. The average Bonchev–Trinajstić information content (AvgIpc) is 2.75. The summed E-state index contributed by atoms with van der Waals surface area (Å²) in [6.07, 6.45) is 2.50. The largest absolute Gasteiger partial charge is 0.497 e. The molecule has 0 heterocycles. The van der Waals surface area contributed by atoms with Crippen LogP contribution in [0.3, 0.4) is 0 Å². The van der Waals surface area contributed by atoms with E-state index in [1.54, 1.807) is 43.1 Å². The van der Waals surface area contributed by atoms with Gasteiger partial charge in [0.15, 0.2) is 0 Å². The van der Waals surface area contributed by atoms with Gasteiger partial charge in [-0.3, -0.25) is 14.4 Å². The summed E-state index contributed by atoms with van der Waals surface area (Å²) in [4.78, 5) is 47.5. The van der Waals surface area contributed by atoms with Crippen LogP contribution in [0.1, 0.15) is 29.6 Å². The van der Waals surface area contributed by atoms with Crippen LogP contribution in [-0.4, -0.2) is 69.1 Å². The summed E-state index contributed by atoms with van der Waals surface area (Å²) >= 11 is 1.56. The number of amides is 3. The van der Waals surface area contributed by atoms with E-state index in [-0.39, 0.29) is 43.7 Å². The minimum atomic E-state index is -0.696. The smallest absolute Gasteiger partial charge is 0.328 e. The fourth-order valence-corrected chi connectivity index (χ4v) is 2.90. The summed E-state index contributed by atoms with van der Waals surface area (Å²) in [5.41, 5.74) is 0.467. The summed E-state index contributed by atoms with van der Waals surface area (Å²) in [6.45, 7) is 0.301. The van der Waals surface area contributed by atoms with E-state index in [0.29, 0.717) is 23.5 Å². The molecule has 166 valence electrons. The minimum absolute atomic E-state index is 0.0384. The Kier molecular flexibility index (Phi) is 12.0. The molecular weight excluding hydrogens is 410 g/mol. The van der Waals surface area contributed by atoms with E-state index in [0.717, 1.165) is 0 Å². The van der Waals surface area contributed by atoms with Gasteiger partial charge in [0.05, 0.1) is 14.2 Å². The lowest BCUT2D eigenvalue weighted by molar-refractivity contribution is -0.145. The third kappa shape index (κ3) is 9.64. The van der Waals surface area contributed by atoms with E-state index in [1.165, 1.54) is 7.11 Å². The van der Waals surface area contributed by atoms with Crippen molar-refractivity contribution in [1.29, 1.82) is 0 Å². The molecule has 0 saturated heterocycles. The molecule has 0 saturated carbocycles. The Morgan fingerprint density at radius 2 is 1.60 bits per heavy atom. The molecule has 0 spiro atoms. The molecule has 1 atom stereocenters. The van der Waals surface area contributed by atoms with Crippen molar-refractivity contribution in [2.45, 2.75) is 25.3 Å². The predicted octanol–water partition coefficient (Wildman–Crippen LogP) is 0.732. The molecule has 0 aliphatic carbocycles. The number of ether oxygens (including phenoxy) is 2. The van der Waals surface area contributed by atoms with E-state index in [2.05, 4.69) is 20.7 Å². The van der Waals surface area contributed by atoms with Crippen molar-refractivity contribution in [3.8, 4) is 5.75 Å². The van der Waals surface area contributed by atoms with Gasteiger partial charge in [0.2, 0.25) is 11.8 Å². The highest BCUT2D eigenvalue weighted by atomic mass is 32.2. The number of hydrogen-bond donors (Lipinski definition) is 3. The lowest BCUT2D eigenvalue weighted by Gasteiger charge is -2.16. The Balaban J connectivity index is 2.26. The van der Waals surface area contributed by atoms with Crippen LogP contribution >= 0.6 is 11.8 Å². The van der Waals surface area contributed by atoms with Gasteiger partial charge in [-0.1, -0.05) is 0 Å². The quantitative estimate of drug-likeness (QED) is 0.387. The van der Waals surface area contributed by atoms with Crippen LogP contribution in [0.5, 0.6) is 5.75 Å². The van der Waals surface area contributed by atoms with Crippen LogP contribution in [0.4, 0.5) is 0 Å². The normalized spacial score (nSPS) is 11.2. The molecule has 1 aromatic rings. The molecule has 0 bridgehead atoms. The molecule has 3 amide bonds. The summed E-state index contributed by atoms with van der Waals surface area (Å²) in [5, 5.41) is 7.89. The van der Waals surface area contributed by atoms with Crippen molar-refractivity contribution in [2.75, 3.05) is 39.3 Å². The van der Waals surface area contributed by atoms with Crippen LogP contribution in [0.25, 0.3) is 0 Å². The van der Waals surface area contributed by atoms with E-state index in [4.69, 9.17) is 4.74 Å². The molecule has 0 fully saturated rings. The SMILES string of the molecule is COC(=O)C(CCSC)NC(=O)CCNC(=O)CCNC(=O)c1ccc(OC)cc1. The van der Waals surface area contributed by atoms with Crippen molar-refractivity contribution in [2.24, 2.45) is 0 Å². The van der Waals surface area contributed by atoms with E-state index in [1.807, 2.05) is 6.26 Å². The van der Waals surface area contributed by atoms with Crippen LogP contribution < -0.4 is 20.7 Å². The number of hydrogen-bond acceptors (Lipinski definition) is 7. The molecule has 3 N–H and O–H groups in total. The topological polar surface area (TPSA) is 123 Å². The molecule has 10 heteroatoms. The highest BCUT2D eigenvalue weighted by Crippen LogP contribution is 2.11. The highest BCUT2D eigenvalue weighted by Gasteiger charge is 2.20. The molecule has 9 nitrogen and oxygen atoms in total. The zero-order valence-corrected chi connectivity index (χ0v) is 18.3. The molecule has 1 aromatic carbocycles. The Hall–Kier alpha value is -2.75. The first-order valence-electron chi connectivity index (χ1n) is 9.46. The average molecular weight is 440 g/mol. The van der Waals surface area contributed by atoms with Crippen LogP contribution in [0.15, 0.2) is 24.3 Å². The first-order valence-corrected chi connectivity index (χ1v) is 10.9. The van der Waals surface area contributed by atoms with Crippen molar-refractivity contribution in [3.63, 3.8) is 0 Å². The van der Waals surface area contributed by atoms with Crippen LogP contribution in [-0.2, 0) is 19.1 Å². The lowest BCUT2D eigenvalue weighted by Crippen LogP contribution is -2.43. The van der Waals surface area contributed by atoms with Crippen molar-refractivity contribution in [3.05, 3.63) is 29.8 Å². The first kappa shape index (κ1) is 25.3. The summed E-state index contributed by atoms with van der Waals surface area (Å²) in [6, 6.07) is 5.93. The maximum atomic E-state index is 12.0. The van der Waals surface area contributed by atoms with Gasteiger partial charge in [-0.25, -0.2) is 4.79 Å². The second kappa shape index (κ2) is 14.3. The van der Waals surface area contributed by atoms with Gasteiger partial charge in [-0.2, -0.15) is 11.8 Å². The molecular formula is C20H29N3O6S. The van der Waals surface area contributed by atoms with E-state index >= 15 is 0 Å². The fraction of sp³-hybridized carbons (Fsp3) is 0.500. The van der Waals surface area contributed by atoms with E-state index < -0.39 is 12.0 Å². The molecule has 0 aliphatic rings. The molecule has 1 unspecified atom stereocenters. The van der Waals surface area contributed by atoms with Crippen LogP contribution in [0.2, 0.25) is 0 Å².